The zero-order chi connectivity index (χ0) is 41.4. The first-order chi connectivity index (χ1) is 28.2. The molecule has 3 aromatic carbocycles. The van der Waals surface area contributed by atoms with E-state index in [1.807, 2.05) is 0 Å². The fraction of sp³-hybridized carbons (Fsp3) is 0.500. The van der Waals surface area contributed by atoms with Gasteiger partial charge in [0.2, 0.25) is 0 Å². The number of carbonyl (C=O) groups is 2. The minimum Gasteiger partial charge on any atom is -0.490 e. The van der Waals surface area contributed by atoms with Gasteiger partial charge in [0.25, 0.3) is 0 Å². The average molecular weight is 799 g/mol. The number of esters is 2. The fourth-order valence-electron chi connectivity index (χ4n) is 7.36. The minimum absolute atomic E-state index is 0.219. The van der Waals surface area contributed by atoms with Crippen molar-refractivity contribution in [3.05, 3.63) is 72.7 Å². The summed E-state index contributed by atoms with van der Waals surface area (Å²) in [6.45, 7) is 21.2. The highest BCUT2D eigenvalue weighted by molar-refractivity contribution is 6.11. The maximum atomic E-state index is 11.6. The summed E-state index contributed by atoms with van der Waals surface area (Å²) in [7, 11) is 0. The standard InChI is InChI=1S/C48H62O10/c1-7-12-14-21-52-41-28-35-36-29-42(54-23-16-20-51-19-9-3)43(53-22-15-13-8-2)31-38(36)40-33-48(58-27-18-26-57-46(50)11-5)34-47(48,6)32-39(40)37(35)30-44(41)55-24-17-25-56-45(49)10-4/h9-11,28-33H,3-5,7-8,12-27,34H2,1-2,6H3/t47?,48-/m0/s1. The number of rotatable bonds is 29. The van der Waals surface area contributed by atoms with Gasteiger partial charge in [0.1, 0.15) is 0 Å². The highest BCUT2D eigenvalue weighted by Crippen LogP contribution is 2.62. The Labute approximate surface area is 343 Å². The van der Waals surface area contributed by atoms with Gasteiger partial charge in [-0.1, -0.05) is 71.8 Å². The van der Waals surface area contributed by atoms with Gasteiger partial charge in [-0.25, -0.2) is 9.59 Å². The molecule has 2 aliphatic rings. The third-order valence-corrected chi connectivity index (χ3v) is 10.6. The Bertz CT molecular complexity index is 2040. The maximum absolute atomic E-state index is 11.6. The van der Waals surface area contributed by atoms with Crippen LogP contribution in [0, 0.1) is 5.41 Å². The molecule has 5 rings (SSSR count). The molecule has 0 N–H and O–H groups in total. The summed E-state index contributed by atoms with van der Waals surface area (Å²) in [4.78, 5) is 23.3. The van der Waals surface area contributed by atoms with Crippen molar-refractivity contribution in [2.45, 2.75) is 90.6 Å². The molecular weight excluding hydrogens is 737 g/mol. The molecule has 0 bridgehead atoms. The van der Waals surface area contributed by atoms with Crippen LogP contribution in [-0.4, -0.2) is 77.0 Å². The third kappa shape index (κ3) is 11.2. The van der Waals surface area contributed by atoms with E-state index >= 15 is 0 Å². The fourth-order valence-corrected chi connectivity index (χ4v) is 7.36. The molecule has 58 heavy (non-hydrogen) atoms. The van der Waals surface area contributed by atoms with E-state index in [9.17, 15) is 9.59 Å². The molecule has 1 unspecified atom stereocenters. The van der Waals surface area contributed by atoms with Crippen LogP contribution in [0.2, 0.25) is 0 Å². The number of hydrogen-bond acceptors (Lipinski definition) is 10. The van der Waals surface area contributed by atoms with Gasteiger partial charge >= 0.3 is 11.9 Å². The van der Waals surface area contributed by atoms with Crippen molar-refractivity contribution in [3.63, 3.8) is 0 Å². The summed E-state index contributed by atoms with van der Waals surface area (Å²) in [5.41, 5.74) is -0.768. The number of carbonyl (C=O) groups excluding carboxylic acids is 2. The van der Waals surface area contributed by atoms with E-state index in [1.54, 1.807) is 6.08 Å². The summed E-state index contributed by atoms with van der Waals surface area (Å²) in [6, 6.07) is 8.40. The Hall–Kier alpha value is -4.80. The summed E-state index contributed by atoms with van der Waals surface area (Å²) in [5.74, 6) is 1.75. The maximum Gasteiger partial charge on any atom is 0.330 e. The summed E-state index contributed by atoms with van der Waals surface area (Å²) >= 11 is 0. The van der Waals surface area contributed by atoms with Crippen LogP contribution in [0.25, 0.3) is 33.7 Å². The lowest BCUT2D eigenvalue weighted by Gasteiger charge is -2.24. The van der Waals surface area contributed by atoms with Gasteiger partial charge in [-0.15, -0.1) is 6.58 Å². The first-order valence-electron chi connectivity index (χ1n) is 21.0. The molecule has 0 radical (unpaired) electrons. The second-order valence-electron chi connectivity index (χ2n) is 15.1. The lowest BCUT2D eigenvalue weighted by molar-refractivity contribution is -0.139. The molecule has 2 atom stereocenters. The van der Waals surface area contributed by atoms with E-state index in [2.05, 4.69) is 76.9 Å². The van der Waals surface area contributed by atoms with Gasteiger partial charge in [0.05, 0.1) is 65.1 Å². The lowest BCUT2D eigenvalue weighted by atomic mass is 9.89. The molecule has 0 aromatic heterocycles. The average Bonchev–Trinajstić information content (AvgIpc) is 3.84. The van der Waals surface area contributed by atoms with Crippen LogP contribution < -0.4 is 29.4 Å². The predicted molar refractivity (Wildman–Crippen MR) is 229 cm³/mol. The van der Waals surface area contributed by atoms with Crippen molar-refractivity contribution < 1.29 is 47.5 Å². The third-order valence-electron chi connectivity index (χ3n) is 10.6. The van der Waals surface area contributed by atoms with E-state index in [1.165, 1.54) is 6.08 Å². The molecule has 2 aliphatic carbocycles. The Morgan fingerprint density at radius 3 is 1.52 bits per heavy atom. The number of unbranched alkanes of at least 4 members (excludes halogenated alkanes) is 4. The first kappa shape index (κ1) is 44.3. The van der Waals surface area contributed by atoms with Crippen molar-refractivity contribution in [2.75, 3.05) is 59.5 Å². The van der Waals surface area contributed by atoms with Gasteiger partial charge in [-0.05, 0) is 81.6 Å². The number of ether oxygens (including phenoxy) is 8. The highest BCUT2D eigenvalue weighted by atomic mass is 16.5. The molecule has 3 aromatic rings. The Balaban J connectivity index is 1.63. The summed E-state index contributed by atoms with van der Waals surface area (Å²) in [6.07, 6.45) is 17.5. The van der Waals surface area contributed by atoms with Crippen LogP contribution in [0.15, 0.2) is 62.2 Å². The monoisotopic (exact) mass is 798 g/mol. The van der Waals surface area contributed by atoms with E-state index in [0.29, 0.717) is 88.5 Å². The molecule has 1 fully saturated rings. The Kier molecular flexibility index (Phi) is 16.7. The Morgan fingerprint density at radius 1 is 0.586 bits per heavy atom. The van der Waals surface area contributed by atoms with Crippen molar-refractivity contribution in [1.82, 2.24) is 0 Å². The summed E-state index contributed by atoms with van der Waals surface area (Å²) in [5, 5.41) is 6.19. The molecule has 0 aliphatic heterocycles. The van der Waals surface area contributed by atoms with Crippen molar-refractivity contribution in [2.24, 2.45) is 5.41 Å². The van der Waals surface area contributed by atoms with Gasteiger partial charge in [0, 0.05) is 36.8 Å². The topological polar surface area (TPSA) is 108 Å². The smallest absolute Gasteiger partial charge is 0.330 e. The summed E-state index contributed by atoms with van der Waals surface area (Å²) < 4.78 is 48.6. The quantitative estimate of drug-likeness (QED) is 0.0223. The van der Waals surface area contributed by atoms with Crippen molar-refractivity contribution in [3.8, 4) is 23.0 Å². The first-order valence-corrected chi connectivity index (χ1v) is 21.0. The largest absolute Gasteiger partial charge is 0.490 e. The molecule has 0 heterocycles. The molecule has 10 heteroatoms. The Morgan fingerprint density at radius 2 is 1.03 bits per heavy atom. The zero-order valence-corrected chi connectivity index (χ0v) is 34.8. The lowest BCUT2D eigenvalue weighted by Crippen LogP contribution is -2.37. The van der Waals surface area contributed by atoms with Gasteiger partial charge in [0.15, 0.2) is 23.0 Å². The zero-order valence-electron chi connectivity index (χ0n) is 34.8. The van der Waals surface area contributed by atoms with Crippen LogP contribution >= 0.6 is 0 Å². The molecule has 0 spiro atoms. The molecule has 314 valence electrons. The number of fused-ring (bicyclic) bond motifs is 7. The van der Waals surface area contributed by atoms with E-state index in [4.69, 9.17) is 37.9 Å². The van der Waals surface area contributed by atoms with Crippen LogP contribution in [0.4, 0.5) is 0 Å². The van der Waals surface area contributed by atoms with Gasteiger partial charge in [-0.3, -0.25) is 0 Å². The van der Waals surface area contributed by atoms with E-state index < -0.39 is 17.5 Å². The molecule has 10 nitrogen and oxygen atoms in total. The second-order valence-corrected chi connectivity index (χ2v) is 15.1. The van der Waals surface area contributed by atoms with E-state index in [0.717, 1.165) is 83.0 Å². The molecule has 1 saturated carbocycles. The second kappa shape index (κ2) is 21.8. The SMILES string of the molecule is C=CCOCCCOc1cc2c(cc1OCCCCC)c1c(c3cc(OCCCOC(=O)C=C)c(OCCCCC)cc32)=CC2(C)C[C@@]2(OCCCOC(=O)C=C)C=1. The van der Waals surface area contributed by atoms with Gasteiger partial charge in [-0.2, -0.15) is 0 Å². The number of benzene rings is 3. The van der Waals surface area contributed by atoms with Crippen molar-refractivity contribution in [1.29, 1.82) is 0 Å². The van der Waals surface area contributed by atoms with Crippen LogP contribution in [0.3, 0.4) is 0 Å². The number of hydrogen-bond donors (Lipinski definition) is 0. The van der Waals surface area contributed by atoms with E-state index in [-0.39, 0.29) is 18.6 Å². The van der Waals surface area contributed by atoms with Crippen molar-refractivity contribution >= 4 is 45.6 Å². The molecule has 0 saturated heterocycles. The van der Waals surface area contributed by atoms with Crippen LogP contribution in [-0.2, 0) is 28.5 Å². The predicted octanol–water partition coefficient (Wildman–Crippen LogP) is 8.46. The molecular formula is C48H62O10. The normalized spacial score (nSPS) is 17.6. The van der Waals surface area contributed by atoms with Crippen LogP contribution in [0.1, 0.15) is 85.0 Å². The molecule has 0 amide bonds. The highest BCUT2D eigenvalue weighted by Gasteiger charge is 2.64. The minimum atomic E-state index is -0.518. The van der Waals surface area contributed by atoms with Crippen LogP contribution in [0.5, 0.6) is 23.0 Å². The van der Waals surface area contributed by atoms with Gasteiger partial charge < -0.3 is 37.9 Å².